The number of rotatable bonds is 5. The summed E-state index contributed by atoms with van der Waals surface area (Å²) < 4.78 is 10.5. The number of phenolic OH excluding ortho intramolecular Hbond substituents is 2. The Morgan fingerprint density at radius 2 is 0.712 bits per heavy atom. The van der Waals surface area contributed by atoms with Gasteiger partial charge in [0.15, 0.2) is 46.1 Å². The number of hydrogen-bond donors (Lipinski definition) is 8. The summed E-state index contributed by atoms with van der Waals surface area (Å²) in [5, 5.41) is 82.2. The van der Waals surface area contributed by atoms with Crippen molar-refractivity contribution in [2.75, 3.05) is 33.0 Å². The molecule has 1 aromatic rings. The van der Waals surface area contributed by atoms with E-state index in [1.54, 1.807) is 23.8 Å². The number of ketones is 3. The van der Waals surface area contributed by atoms with Crippen molar-refractivity contribution in [3.05, 3.63) is 173 Å². The second-order valence-corrected chi connectivity index (χ2v) is 53.8. The van der Waals surface area contributed by atoms with Crippen molar-refractivity contribution in [1.29, 1.82) is 0 Å². The minimum Gasteiger partial charge on any atom is -1.00 e. The molecule has 20 aliphatic rings. The molecule has 756 valence electrons. The van der Waals surface area contributed by atoms with Crippen LogP contribution in [0.3, 0.4) is 0 Å². The molecule has 139 heavy (non-hydrogen) atoms. The molecule has 1 aliphatic heterocycles. The van der Waals surface area contributed by atoms with E-state index in [-0.39, 0.29) is 183 Å². The van der Waals surface area contributed by atoms with Gasteiger partial charge in [-0.2, -0.15) is 0 Å². The number of aliphatic hydroxyl groups is 5. The number of carbonyl (C=O) groups is 5. The molecule has 15 nitrogen and oxygen atoms in total. The molecule has 0 unspecified atom stereocenters. The van der Waals surface area contributed by atoms with Gasteiger partial charge in [0.25, 0.3) is 0 Å². The predicted octanol–water partition coefficient (Wildman–Crippen LogP) is 23.8. The average Bonchev–Trinajstić information content (AvgIpc) is 0.706. The molecule has 1 heterocycles. The summed E-state index contributed by atoms with van der Waals surface area (Å²) in [7, 11) is 0. The number of esters is 1. The van der Waals surface area contributed by atoms with Crippen molar-refractivity contribution in [2.24, 2.45) is 127 Å². The number of hydrogen-bond acceptors (Lipinski definition) is 14. The fourth-order valence-electron chi connectivity index (χ4n) is 35.7. The quantitative estimate of drug-likeness (QED) is 0.0590. The first-order valence-electron chi connectivity index (χ1n) is 53.4. The van der Waals surface area contributed by atoms with E-state index in [1.807, 2.05) is 47.6 Å². The molecule has 12 saturated carbocycles. The third kappa shape index (κ3) is 15.4. The van der Waals surface area contributed by atoms with Crippen LogP contribution in [0.5, 0.6) is 11.5 Å². The molecule has 0 radical (unpaired) electrons. The maximum Gasteiger partial charge on any atom is 1.00 e. The van der Waals surface area contributed by atoms with Crippen molar-refractivity contribution in [3.63, 3.8) is 0 Å². The van der Waals surface area contributed by atoms with Crippen LogP contribution in [-0.4, -0.2) is 121 Å². The number of phenols is 2. The molecule has 13 fully saturated rings. The maximum absolute atomic E-state index is 13.1. The summed E-state index contributed by atoms with van der Waals surface area (Å²) in [4.78, 5) is 63.1. The van der Waals surface area contributed by atoms with Crippen LogP contribution >= 0.6 is 0 Å². The Morgan fingerprint density at radius 3 is 1.04 bits per heavy atom. The van der Waals surface area contributed by atoms with Gasteiger partial charge in [0, 0.05) is 64.8 Å². The Kier molecular flexibility index (Phi) is 27.2. The van der Waals surface area contributed by atoms with Crippen LogP contribution in [0, 0.1) is 133 Å². The second kappa shape index (κ2) is 35.3. The Hall–Kier alpha value is -6.20. The zero-order valence-electron chi connectivity index (χ0n) is 90.6. The molecule has 19 aliphatic carbocycles. The smallest absolute Gasteiger partial charge is 1.00 e. The zero-order valence-corrected chi connectivity index (χ0v) is 89.6. The number of carbonyl (C=O) groups excluding carboxylic acids is 4. The van der Waals surface area contributed by atoms with E-state index in [1.165, 1.54) is 85.6 Å². The van der Waals surface area contributed by atoms with E-state index in [0.29, 0.717) is 64.4 Å². The van der Waals surface area contributed by atoms with Crippen LogP contribution in [0.15, 0.2) is 157 Å². The van der Waals surface area contributed by atoms with Crippen molar-refractivity contribution in [1.82, 2.24) is 0 Å². The molecule has 0 bridgehead atoms. The molecule has 8 N–H and O–H groups in total. The van der Waals surface area contributed by atoms with E-state index < -0.39 is 16.8 Å². The predicted molar refractivity (Wildman–Crippen MR) is 554 cm³/mol. The largest absolute Gasteiger partial charge is 1.00 e. The number of aliphatic hydroxyl groups excluding tert-OH is 5. The fourth-order valence-corrected chi connectivity index (χ4v) is 35.7. The van der Waals surface area contributed by atoms with Gasteiger partial charge < -0.3 is 51.8 Å². The van der Waals surface area contributed by atoms with Crippen LogP contribution in [0.25, 0.3) is 0 Å². The molecule has 21 rings (SSSR count). The standard InChI is InChI=1S/C31H42O4.C29H38O4.C29H42O3.C29H40O3.C4H8O.Al.Li.4H/c1-8-35-26(34)28(4)12-11-27(3)13-15-30(6)23-10-9-20-19(2)25(33)22(32)17-21(20)29(23,5)14-16-31(30,7)24(27)18-28;1-17-18-7-8-21-27(4,19(18)15-20(30)23(17)31)12-14-29(6)22-16-26(3,24(32)33)10-9-25(22,2)11-13-28(21,29)5;2*1-18-19-7-8-22-27(4,20(19)15-21(31)24(18)32)12-14-29(6)23-16-25(2,17-30)9-10-26(23,3)11-13-28(22,29)5;1-2-4-5-3-1;;;;;;/h9-10,17,24,33H,8,11-16,18H2,1-7H3;7-8,15,22,31H,9-14,16H2,1-6H3,(H,32,33);8,15,23,30-32H,7,9-14,16-17H2,1-6H3;7-8,15,23,30,32H,9-14,16-17H2,1-6H3;1-4H2;;;;;;/q;;;;;;+1;;;;-1/t24-,27-,28-,29+,30-,31+;22-,25-,26-,27+,28-,29+;2*23-,25-,26-,27+,28-,29+;;;;;;;/m1111......./s1. The van der Waals surface area contributed by atoms with Crippen LogP contribution < -0.4 is 18.9 Å². The first kappa shape index (κ1) is 107. The summed E-state index contributed by atoms with van der Waals surface area (Å²) in [6.45, 7) is 60.2. The number of aromatic hydroxyl groups is 2. The number of carboxylic acid groups (broad SMARTS) is 1. The second-order valence-electron chi connectivity index (χ2n) is 53.8. The van der Waals surface area contributed by atoms with E-state index in [4.69, 9.17) is 9.47 Å². The van der Waals surface area contributed by atoms with Gasteiger partial charge >= 0.3 is 30.8 Å². The van der Waals surface area contributed by atoms with Gasteiger partial charge in [-0.25, -0.2) is 0 Å². The fraction of sp³-hybridized carbons (Fsp3) is 0.697. The van der Waals surface area contributed by atoms with E-state index in [9.17, 15) is 64.8 Å². The molecular formula is C122H174AlLiO15. The molecule has 1 aromatic carbocycles. The van der Waals surface area contributed by atoms with Crippen molar-refractivity contribution in [3.8, 4) is 11.5 Å². The van der Waals surface area contributed by atoms with Crippen LogP contribution in [0.2, 0.25) is 0 Å². The number of ether oxygens (including phenoxy) is 2. The van der Waals surface area contributed by atoms with Gasteiger partial charge in [0.1, 0.15) is 0 Å². The first-order valence-corrected chi connectivity index (χ1v) is 53.4. The SMILES string of the molecule is C1CCOC1.CC1=C(O)C(=O)C=C2C1=CC=C1[C@@]2(C)CC[C@@]2(C)[C@@H]3C[C@](C)(C(=O)O)CC[C@]3(C)CC[C@]12C.CC1=C(O)C(=O)C=C2C1=CC=C1[C@@]2(C)CC[C@@]2(C)[C@@H]3C[C@](C)(CO)CC[C@]3(C)CC[C@]12C.CCOC(=O)[C@]1(C)CC[C@]2(C)CC[C@]3(C)C4=CC=C5C(=CC(=O)C(O)=C5C)[C@]4(C)CC[C@@]3(C)[C@@H]2C1.Cc1c(O)c(O)cc2c1CC=C1[C@@]2(C)CC[C@@]2(C)[C@@H]3C[C@](C)(CO)CC[C@]3(C)CC[C@]12C.[AlH3].[H-].[Li+]. The van der Waals surface area contributed by atoms with E-state index in [0.717, 1.165) is 193 Å². The van der Waals surface area contributed by atoms with Gasteiger partial charge in [-0.1, -0.05) is 189 Å². The van der Waals surface area contributed by atoms with Gasteiger partial charge in [-0.3, -0.25) is 24.0 Å². The van der Waals surface area contributed by atoms with Crippen LogP contribution in [0.1, 0.15) is 377 Å². The minimum atomic E-state index is -0.655. The zero-order chi connectivity index (χ0) is 100.0. The number of allylic oxidation sites excluding steroid dienone is 23. The van der Waals surface area contributed by atoms with Crippen LogP contribution in [-0.2, 0) is 45.3 Å². The molecule has 0 aromatic heterocycles. The van der Waals surface area contributed by atoms with Crippen LogP contribution in [0.4, 0.5) is 0 Å². The van der Waals surface area contributed by atoms with Crippen molar-refractivity contribution in [2.45, 2.75) is 378 Å². The number of benzene rings is 1. The summed E-state index contributed by atoms with van der Waals surface area (Å²) >= 11 is 0. The minimum absolute atomic E-state index is 0. The Morgan fingerprint density at radius 1 is 0.403 bits per heavy atom. The van der Waals surface area contributed by atoms with Gasteiger partial charge in [-0.05, 0) is 421 Å². The van der Waals surface area contributed by atoms with E-state index in [2.05, 4.69) is 174 Å². The van der Waals surface area contributed by atoms with E-state index >= 15 is 0 Å². The monoisotopic (exact) mass is 1910 g/mol. The average molecular weight is 1910 g/mol. The Bertz CT molecular complexity index is 5750. The molecule has 0 spiro atoms. The maximum atomic E-state index is 13.1. The Balaban J connectivity index is 0.000000145. The normalized spacial score (nSPS) is 44.7. The number of aliphatic carboxylic acids is 1. The Labute approximate surface area is 857 Å². The molecule has 17 heteroatoms. The van der Waals surface area contributed by atoms with Crippen molar-refractivity contribution < 1.29 is 94.6 Å². The number of carboxylic acids is 1. The molecular weight excluding hydrogens is 1740 g/mol. The molecule has 1 saturated heterocycles. The topological polar surface area (TPSA) is 266 Å². The van der Waals surface area contributed by atoms with Gasteiger partial charge in [-0.15, -0.1) is 0 Å². The third-order valence-electron chi connectivity index (χ3n) is 46.7. The molecule has 24 atom stereocenters. The summed E-state index contributed by atoms with van der Waals surface area (Å²) in [5.41, 5.74) is 17.3. The van der Waals surface area contributed by atoms with Gasteiger partial charge in [0.05, 0.1) is 17.4 Å². The summed E-state index contributed by atoms with van der Waals surface area (Å²) in [6.07, 6.45) is 54.3. The third-order valence-corrected chi connectivity index (χ3v) is 46.7. The first-order chi connectivity index (χ1) is 63.6. The molecule has 0 amide bonds. The van der Waals surface area contributed by atoms with Crippen molar-refractivity contribution >= 4 is 46.6 Å². The summed E-state index contributed by atoms with van der Waals surface area (Å²) in [6, 6.07) is 1.85. The summed E-state index contributed by atoms with van der Waals surface area (Å²) in [5.74, 6) is 0.165. The number of fused-ring (bicyclic) bond motifs is 28. The van der Waals surface area contributed by atoms with Gasteiger partial charge in [0.2, 0.25) is 17.3 Å².